The van der Waals surface area contributed by atoms with Crippen LogP contribution in [-0.4, -0.2) is 45.3 Å². The summed E-state index contributed by atoms with van der Waals surface area (Å²) in [6, 6.07) is 0. The van der Waals surface area contributed by atoms with E-state index in [-0.39, 0.29) is 19.1 Å². The SMILES string of the molecule is CCCCc1noc(C)c1C=Cc1nc(C)c(C(=O)NCCOC(=O)c2sc(C=Cc3c(CCCC)noc3C)nc2C)s1. The summed E-state index contributed by atoms with van der Waals surface area (Å²) in [5.41, 5.74) is 5.00. The third kappa shape index (κ3) is 8.38. The van der Waals surface area contributed by atoms with E-state index in [1.165, 1.54) is 22.7 Å². The molecule has 1 N–H and O–H groups in total. The summed E-state index contributed by atoms with van der Waals surface area (Å²) >= 11 is 2.56. The molecule has 44 heavy (non-hydrogen) atoms. The van der Waals surface area contributed by atoms with Gasteiger partial charge >= 0.3 is 5.97 Å². The molecule has 0 aromatic carbocycles. The minimum atomic E-state index is -0.470. The van der Waals surface area contributed by atoms with E-state index in [2.05, 4.69) is 39.4 Å². The topological polar surface area (TPSA) is 133 Å². The summed E-state index contributed by atoms with van der Waals surface area (Å²) in [4.78, 5) is 35.6. The Balaban J connectivity index is 1.28. The van der Waals surface area contributed by atoms with Crippen LogP contribution in [0.5, 0.6) is 0 Å². The highest BCUT2D eigenvalue weighted by Gasteiger charge is 2.18. The van der Waals surface area contributed by atoms with Crippen molar-refractivity contribution in [1.82, 2.24) is 25.6 Å². The Bertz CT molecular complexity index is 1520. The van der Waals surface area contributed by atoms with Gasteiger partial charge in [-0.15, -0.1) is 22.7 Å². The van der Waals surface area contributed by atoms with Crippen molar-refractivity contribution in [1.29, 1.82) is 0 Å². The number of ether oxygens (including phenoxy) is 1. The molecule has 0 aliphatic rings. The minimum absolute atomic E-state index is 0.0334. The van der Waals surface area contributed by atoms with Crippen LogP contribution in [0.15, 0.2) is 9.05 Å². The zero-order chi connectivity index (χ0) is 31.6. The Hall–Kier alpha value is -3.90. The maximum atomic E-state index is 12.8. The van der Waals surface area contributed by atoms with E-state index < -0.39 is 5.97 Å². The molecule has 4 heterocycles. The predicted octanol–water partition coefficient (Wildman–Crippen LogP) is 7.42. The fraction of sp³-hybridized carbons (Fsp3) is 0.438. The van der Waals surface area contributed by atoms with Crippen molar-refractivity contribution in [3.05, 3.63) is 65.2 Å². The molecular formula is C32H39N5O5S2. The van der Waals surface area contributed by atoms with Crippen molar-refractivity contribution in [3.63, 3.8) is 0 Å². The molecule has 0 atom stereocenters. The second-order valence-electron chi connectivity index (χ2n) is 10.4. The van der Waals surface area contributed by atoms with Gasteiger partial charge in [0.2, 0.25) is 0 Å². The highest BCUT2D eigenvalue weighted by Crippen LogP contribution is 2.25. The minimum Gasteiger partial charge on any atom is -0.460 e. The molecule has 0 bridgehead atoms. The predicted molar refractivity (Wildman–Crippen MR) is 174 cm³/mol. The molecule has 0 unspecified atom stereocenters. The summed E-state index contributed by atoms with van der Waals surface area (Å²) in [5.74, 6) is 0.779. The first kappa shape index (κ1) is 33.0. The van der Waals surface area contributed by atoms with Gasteiger partial charge in [0.15, 0.2) is 0 Å². The number of nitrogens with zero attached hydrogens (tertiary/aromatic N) is 4. The Kier molecular flexibility index (Phi) is 11.8. The first-order valence-corrected chi connectivity index (χ1v) is 16.5. The molecule has 0 saturated heterocycles. The van der Waals surface area contributed by atoms with Crippen molar-refractivity contribution in [3.8, 4) is 0 Å². The normalized spacial score (nSPS) is 11.7. The lowest BCUT2D eigenvalue weighted by molar-refractivity contribution is 0.0507. The van der Waals surface area contributed by atoms with Crippen LogP contribution < -0.4 is 5.32 Å². The number of carbonyl (C=O) groups excluding carboxylic acids is 2. The highest BCUT2D eigenvalue weighted by molar-refractivity contribution is 7.15. The van der Waals surface area contributed by atoms with Crippen LogP contribution in [0.4, 0.5) is 0 Å². The van der Waals surface area contributed by atoms with Gasteiger partial charge in [0.05, 0.1) is 29.3 Å². The Morgan fingerprint density at radius 1 is 0.773 bits per heavy atom. The summed E-state index contributed by atoms with van der Waals surface area (Å²) in [5, 5.41) is 12.6. The van der Waals surface area contributed by atoms with E-state index in [4.69, 9.17) is 13.8 Å². The van der Waals surface area contributed by atoms with Crippen LogP contribution in [0, 0.1) is 27.7 Å². The van der Waals surface area contributed by atoms with E-state index in [0.29, 0.717) is 31.2 Å². The first-order chi connectivity index (χ1) is 21.2. The second kappa shape index (κ2) is 15.7. The molecule has 12 heteroatoms. The molecule has 0 fully saturated rings. The number of carbonyl (C=O) groups is 2. The average molecular weight is 638 g/mol. The van der Waals surface area contributed by atoms with Crippen molar-refractivity contribution in [2.75, 3.05) is 13.2 Å². The Morgan fingerprint density at radius 2 is 1.27 bits per heavy atom. The van der Waals surface area contributed by atoms with E-state index in [1.54, 1.807) is 13.8 Å². The van der Waals surface area contributed by atoms with Gasteiger partial charge in [0.1, 0.15) is 37.9 Å². The van der Waals surface area contributed by atoms with Crippen molar-refractivity contribution < 1.29 is 23.4 Å². The number of esters is 1. The third-order valence-electron chi connectivity index (χ3n) is 6.92. The van der Waals surface area contributed by atoms with Crippen LogP contribution in [-0.2, 0) is 17.6 Å². The third-order valence-corrected chi connectivity index (χ3v) is 9.15. The van der Waals surface area contributed by atoms with E-state index in [9.17, 15) is 9.59 Å². The van der Waals surface area contributed by atoms with Crippen LogP contribution in [0.25, 0.3) is 24.3 Å². The van der Waals surface area contributed by atoms with Gasteiger partial charge in [-0.2, -0.15) is 0 Å². The van der Waals surface area contributed by atoms with Gasteiger partial charge in [-0.05, 0) is 77.7 Å². The zero-order valence-electron chi connectivity index (χ0n) is 26.1. The van der Waals surface area contributed by atoms with Crippen molar-refractivity contribution in [2.24, 2.45) is 0 Å². The molecule has 0 aliphatic carbocycles. The number of aryl methyl sites for hydroxylation is 6. The summed E-state index contributed by atoms with van der Waals surface area (Å²) in [6.45, 7) is 11.8. The van der Waals surface area contributed by atoms with E-state index in [1.807, 2.05) is 38.2 Å². The number of aromatic nitrogens is 4. The molecule has 10 nitrogen and oxygen atoms in total. The fourth-order valence-electron chi connectivity index (χ4n) is 4.47. The maximum Gasteiger partial charge on any atom is 0.350 e. The van der Waals surface area contributed by atoms with Crippen LogP contribution in [0.2, 0.25) is 0 Å². The maximum absolute atomic E-state index is 12.8. The molecule has 4 rings (SSSR count). The molecule has 0 saturated carbocycles. The highest BCUT2D eigenvalue weighted by atomic mass is 32.1. The summed E-state index contributed by atoms with van der Waals surface area (Å²) in [7, 11) is 0. The molecule has 0 aliphatic heterocycles. The molecule has 4 aromatic heterocycles. The van der Waals surface area contributed by atoms with Crippen LogP contribution in [0.1, 0.15) is 114 Å². The van der Waals surface area contributed by atoms with Crippen molar-refractivity contribution >= 4 is 58.9 Å². The lowest BCUT2D eigenvalue weighted by Gasteiger charge is -2.05. The van der Waals surface area contributed by atoms with Gasteiger partial charge < -0.3 is 19.1 Å². The number of thiazole rings is 2. The molecule has 234 valence electrons. The first-order valence-electron chi connectivity index (χ1n) is 14.9. The number of amides is 1. The smallest absolute Gasteiger partial charge is 0.350 e. The van der Waals surface area contributed by atoms with E-state index >= 15 is 0 Å². The molecular weight excluding hydrogens is 599 g/mol. The number of hydrogen-bond donors (Lipinski definition) is 1. The Morgan fingerprint density at radius 3 is 1.80 bits per heavy atom. The number of nitrogens with one attached hydrogen (secondary N) is 1. The van der Waals surface area contributed by atoms with Gasteiger partial charge in [-0.25, -0.2) is 14.8 Å². The summed E-state index contributed by atoms with van der Waals surface area (Å²) < 4.78 is 16.2. The summed E-state index contributed by atoms with van der Waals surface area (Å²) in [6.07, 6.45) is 13.5. The average Bonchev–Trinajstić information content (AvgIpc) is 3.76. The monoisotopic (exact) mass is 637 g/mol. The second-order valence-corrected chi connectivity index (χ2v) is 12.5. The van der Waals surface area contributed by atoms with Gasteiger partial charge in [0, 0.05) is 11.1 Å². The lowest BCUT2D eigenvalue weighted by atomic mass is 10.1. The molecule has 4 aromatic rings. The van der Waals surface area contributed by atoms with Gasteiger partial charge in [-0.1, -0.05) is 37.0 Å². The quantitative estimate of drug-likeness (QED) is 0.104. The largest absolute Gasteiger partial charge is 0.460 e. The molecule has 0 radical (unpaired) electrons. The fourth-order valence-corrected chi connectivity index (χ4v) is 6.22. The Labute approximate surface area is 265 Å². The van der Waals surface area contributed by atoms with E-state index in [0.717, 1.165) is 72.6 Å². The zero-order valence-corrected chi connectivity index (χ0v) is 27.7. The van der Waals surface area contributed by atoms with Crippen molar-refractivity contribution in [2.45, 2.75) is 80.1 Å². The van der Waals surface area contributed by atoms with Crippen LogP contribution >= 0.6 is 22.7 Å². The lowest BCUT2D eigenvalue weighted by Crippen LogP contribution is -2.27. The van der Waals surface area contributed by atoms with Gasteiger partial charge in [-0.3, -0.25) is 4.79 Å². The number of hydrogen-bond acceptors (Lipinski definition) is 11. The molecule has 1 amide bonds. The number of rotatable bonds is 15. The molecule has 0 spiro atoms. The standard InChI is InChI=1S/C32H39N5O5S2/c1-7-9-11-25-23(21(5)41-36-25)13-15-27-34-19(3)29(43-27)31(38)33-17-18-40-32(39)30-20(4)35-28(44-30)16-14-24-22(6)42-37-26(24)12-10-8-2/h13-16H,7-12,17-18H2,1-6H3,(H,33,38). The number of unbranched alkanes of at least 4 members (excludes halogenated alkanes) is 2. The van der Waals surface area contributed by atoms with Gasteiger partial charge in [0.25, 0.3) is 5.91 Å². The van der Waals surface area contributed by atoms with Crippen LogP contribution in [0.3, 0.4) is 0 Å².